The van der Waals surface area contributed by atoms with E-state index in [1.54, 1.807) is 0 Å². The molecule has 1 heterocycles. The van der Waals surface area contributed by atoms with Crippen molar-refractivity contribution in [3.63, 3.8) is 0 Å². The van der Waals surface area contributed by atoms with E-state index in [4.69, 9.17) is 9.16 Å². The zero-order valence-corrected chi connectivity index (χ0v) is 20.2. The first kappa shape index (κ1) is 23.1. The molecule has 1 amide bonds. The zero-order chi connectivity index (χ0) is 20.5. The fourth-order valence-electron chi connectivity index (χ4n) is 3.08. The van der Waals surface area contributed by atoms with Crippen molar-refractivity contribution in [1.82, 2.24) is 4.57 Å². The van der Waals surface area contributed by atoms with E-state index in [-0.39, 0.29) is 23.0 Å². The topological polar surface area (TPSA) is 55.8 Å². The van der Waals surface area contributed by atoms with Crippen LogP contribution in [-0.4, -0.2) is 45.3 Å². The maximum absolute atomic E-state index is 13.0. The minimum atomic E-state index is -2.04. The van der Waals surface area contributed by atoms with E-state index in [0.29, 0.717) is 0 Å². The number of hydrogen-bond donors (Lipinski definition) is 0. The lowest BCUT2D eigenvalue weighted by molar-refractivity contribution is -0.193. The van der Waals surface area contributed by atoms with Crippen LogP contribution in [0.15, 0.2) is 12.2 Å². The van der Waals surface area contributed by atoms with E-state index in [1.165, 1.54) is 6.92 Å². The highest BCUT2D eigenvalue weighted by molar-refractivity contribution is 6.77. The fraction of sp³-hybridized carbons (Fsp3) is 0.789. The highest BCUT2D eigenvalue weighted by Gasteiger charge is 2.58. The third-order valence-electron chi connectivity index (χ3n) is 5.67. The standard InChI is InChI=1S/C19H37NO4Si2/c1-11-12-13-25(7,8)20-17(22)16(18(20)23-15(3)21)14(2)24-26(9,10)19(4,5)6/h11-12,14,16,18H,13H2,1-10H3/b12-11+/t14-,16+,18+/m1/s1. The predicted octanol–water partition coefficient (Wildman–Crippen LogP) is 4.53. The maximum Gasteiger partial charge on any atom is 0.304 e. The molecular weight excluding hydrogens is 362 g/mol. The van der Waals surface area contributed by atoms with Gasteiger partial charge in [-0.25, -0.2) is 0 Å². The van der Waals surface area contributed by atoms with Gasteiger partial charge in [-0.15, -0.1) is 0 Å². The summed E-state index contributed by atoms with van der Waals surface area (Å²) in [5, 5.41) is 0.0601. The van der Waals surface area contributed by atoms with Crippen LogP contribution in [0.5, 0.6) is 0 Å². The number of rotatable bonds is 7. The second kappa shape index (κ2) is 7.98. The second-order valence-corrected chi connectivity index (χ2v) is 18.7. The normalized spacial score (nSPS) is 23.2. The molecule has 0 radical (unpaired) electrons. The van der Waals surface area contributed by atoms with Crippen LogP contribution in [0.2, 0.25) is 37.3 Å². The van der Waals surface area contributed by atoms with Crippen molar-refractivity contribution in [1.29, 1.82) is 0 Å². The number of β-lactam (4-membered cyclic amide) rings is 1. The molecule has 1 aliphatic rings. The van der Waals surface area contributed by atoms with Crippen LogP contribution < -0.4 is 0 Å². The van der Waals surface area contributed by atoms with Gasteiger partial charge in [0, 0.05) is 6.92 Å². The van der Waals surface area contributed by atoms with Crippen molar-refractivity contribution < 1.29 is 18.8 Å². The molecule has 0 saturated carbocycles. The lowest BCUT2D eigenvalue weighted by Crippen LogP contribution is -2.73. The summed E-state index contributed by atoms with van der Waals surface area (Å²) in [6.07, 6.45) is 3.32. The Bertz CT molecular complexity index is 566. The van der Waals surface area contributed by atoms with Gasteiger partial charge in [-0.2, -0.15) is 0 Å². The summed E-state index contributed by atoms with van der Waals surface area (Å²) in [5.41, 5.74) is 0. The van der Waals surface area contributed by atoms with E-state index in [2.05, 4.69) is 53.0 Å². The maximum atomic E-state index is 13.0. The third-order valence-corrected chi connectivity index (χ3v) is 13.3. The van der Waals surface area contributed by atoms with Gasteiger partial charge in [0.25, 0.3) is 0 Å². The van der Waals surface area contributed by atoms with Gasteiger partial charge in [0.05, 0.1) is 6.10 Å². The van der Waals surface area contributed by atoms with Crippen molar-refractivity contribution in [2.75, 3.05) is 0 Å². The minimum absolute atomic E-state index is 0.0589. The number of ether oxygens (including phenoxy) is 1. The Morgan fingerprint density at radius 2 is 1.81 bits per heavy atom. The van der Waals surface area contributed by atoms with E-state index < -0.39 is 28.7 Å². The molecule has 0 spiro atoms. The summed E-state index contributed by atoms with van der Waals surface area (Å²) < 4.78 is 13.9. The summed E-state index contributed by atoms with van der Waals surface area (Å²) >= 11 is 0. The Morgan fingerprint density at radius 3 is 2.23 bits per heavy atom. The Balaban J connectivity index is 3.05. The van der Waals surface area contributed by atoms with Gasteiger partial charge in [0.2, 0.25) is 5.91 Å². The number of allylic oxidation sites excluding steroid dienone is 2. The second-order valence-electron chi connectivity index (χ2n) is 9.40. The summed E-state index contributed by atoms with van der Waals surface area (Å²) in [5.74, 6) is -0.707. The van der Waals surface area contributed by atoms with Gasteiger partial charge in [0.15, 0.2) is 22.8 Å². The number of carbonyl (C=O) groups excluding carboxylic acids is 2. The Kier molecular flexibility index (Phi) is 7.10. The van der Waals surface area contributed by atoms with Crippen LogP contribution in [0, 0.1) is 5.92 Å². The molecule has 0 unspecified atom stereocenters. The number of amides is 1. The Hall–Kier alpha value is -0.926. The molecule has 0 aliphatic carbocycles. The summed E-state index contributed by atoms with van der Waals surface area (Å²) in [6, 6.07) is 0.844. The van der Waals surface area contributed by atoms with E-state index in [9.17, 15) is 9.59 Å². The summed E-state index contributed by atoms with van der Waals surface area (Å²) in [4.78, 5) is 24.7. The summed E-state index contributed by atoms with van der Waals surface area (Å²) in [6.45, 7) is 20.5. The molecule has 0 aromatic carbocycles. The SMILES string of the molecule is C/C=C/C[Si](C)(C)N1C(=O)[C@H]([C@@H](C)O[Si](C)(C)C(C)(C)C)[C@@H]1OC(C)=O. The average molecular weight is 400 g/mol. The molecule has 0 bridgehead atoms. The number of carbonyl (C=O) groups is 2. The lowest BCUT2D eigenvalue weighted by atomic mass is 9.93. The van der Waals surface area contributed by atoms with Crippen molar-refractivity contribution in [3.8, 4) is 0 Å². The van der Waals surface area contributed by atoms with Crippen LogP contribution in [0.25, 0.3) is 0 Å². The number of hydrogen-bond acceptors (Lipinski definition) is 4. The van der Waals surface area contributed by atoms with Crippen LogP contribution in [0.4, 0.5) is 0 Å². The average Bonchev–Trinajstić information content (AvgIpc) is 2.41. The first-order chi connectivity index (χ1) is 11.7. The highest BCUT2D eigenvalue weighted by Crippen LogP contribution is 2.42. The molecule has 1 fully saturated rings. The molecule has 1 saturated heterocycles. The van der Waals surface area contributed by atoms with Gasteiger partial charge in [0.1, 0.15) is 5.92 Å². The van der Waals surface area contributed by atoms with Crippen molar-refractivity contribution in [3.05, 3.63) is 12.2 Å². The Morgan fingerprint density at radius 1 is 1.27 bits per heavy atom. The first-order valence-corrected chi connectivity index (χ1v) is 15.5. The van der Waals surface area contributed by atoms with E-state index in [1.807, 2.05) is 24.5 Å². The first-order valence-electron chi connectivity index (χ1n) is 9.45. The summed E-state index contributed by atoms with van der Waals surface area (Å²) in [7, 11) is -4.05. The van der Waals surface area contributed by atoms with Crippen LogP contribution in [0.1, 0.15) is 41.5 Å². The minimum Gasteiger partial charge on any atom is -0.441 e. The third kappa shape index (κ3) is 4.86. The molecule has 1 aliphatic heterocycles. The largest absolute Gasteiger partial charge is 0.441 e. The van der Waals surface area contributed by atoms with Gasteiger partial charge >= 0.3 is 5.97 Å². The number of esters is 1. The molecule has 7 heteroatoms. The fourth-order valence-corrected chi connectivity index (χ4v) is 7.16. The predicted molar refractivity (Wildman–Crippen MR) is 111 cm³/mol. The molecule has 1 rings (SSSR count). The van der Waals surface area contributed by atoms with Gasteiger partial charge in [-0.05, 0) is 38.0 Å². The molecule has 26 heavy (non-hydrogen) atoms. The molecular formula is C19H37NO4Si2. The van der Waals surface area contributed by atoms with Crippen molar-refractivity contribution in [2.24, 2.45) is 5.92 Å². The van der Waals surface area contributed by atoms with Crippen LogP contribution in [0.3, 0.4) is 0 Å². The van der Waals surface area contributed by atoms with Crippen LogP contribution >= 0.6 is 0 Å². The number of nitrogens with zero attached hydrogens (tertiary/aromatic N) is 1. The van der Waals surface area contributed by atoms with Crippen molar-refractivity contribution >= 4 is 28.4 Å². The van der Waals surface area contributed by atoms with E-state index >= 15 is 0 Å². The molecule has 5 nitrogen and oxygen atoms in total. The van der Waals surface area contributed by atoms with Gasteiger partial charge in [-0.1, -0.05) is 46.0 Å². The monoisotopic (exact) mass is 399 g/mol. The zero-order valence-electron chi connectivity index (χ0n) is 18.2. The Labute approximate surface area is 161 Å². The molecule has 150 valence electrons. The van der Waals surface area contributed by atoms with Gasteiger partial charge in [-0.3, -0.25) is 9.59 Å². The molecule has 0 aromatic rings. The molecule has 0 aromatic heterocycles. The van der Waals surface area contributed by atoms with Crippen LogP contribution in [-0.2, 0) is 18.8 Å². The highest BCUT2D eigenvalue weighted by atomic mass is 28.4. The van der Waals surface area contributed by atoms with Crippen molar-refractivity contribution in [2.45, 2.75) is 91.1 Å². The lowest BCUT2D eigenvalue weighted by Gasteiger charge is -2.55. The molecule has 0 N–H and O–H groups in total. The molecule has 3 atom stereocenters. The quantitative estimate of drug-likeness (QED) is 0.273. The van der Waals surface area contributed by atoms with E-state index in [0.717, 1.165) is 6.04 Å². The smallest absolute Gasteiger partial charge is 0.304 e. The van der Waals surface area contributed by atoms with Gasteiger partial charge < -0.3 is 13.7 Å².